The molecular weight excluding hydrogens is 1780 g/mol. The molecule has 0 spiro atoms. The molecule has 0 radical (unpaired) electrons. The molecule has 0 aliphatic heterocycles. The standard InChI is InChI=1S/C29H29N2O.C28H27N2O.C26H25N2O.C24H21N2O.C23H19N2O/c1-19-12-13-23-24-18-22-10-6-7-11-25(22)30-29(24)32-28(23)27(19)26-17-21(14-15-31(26)2)16-20-8-4-3-5-9-20;1-18-11-12-22-23-17-21-9-5-6-10-24(21)29-28(23)31-27(22)26(18)25-16-20(13-14-30(25)2)15-19-7-3-4-8-19;1-16(2)13-18-11-12-28(4)23(14-18)24-17(3)9-10-20-21-15-19-7-5-6-8-22(19)27-26(21)29-25(20)24;1-4-16-11-12-26(3)21(13-16)22-15(2)9-10-18-19-14-17-7-5-6-8-20(17)25-24(19)27-23(18)22;1-14-10-11-25(3)20(12-14)21-15(2)8-9-17-18-13-16-6-4-5-7-19(16)24-23(18)26-22(17)21/h6-7,10-15,17-18,20H,3-5,8-9,16H2,1-2H3;5-6,9-14,16-17,19H,3-4,7-8,15H2,1-2H3;5-12,14-16H,13H2,1-4H3;5-14H,4H2,1-3H3;4-13H,1-3H3/q5*+1/i;;;4D2;. The van der Waals surface area contributed by atoms with Gasteiger partial charge >= 0.3 is 0 Å². The largest absolute Gasteiger partial charge is 0.437 e. The molecule has 15 aromatic heterocycles. The van der Waals surface area contributed by atoms with Gasteiger partial charge in [-0.25, -0.2) is 47.8 Å². The molecule has 145 heavy (non-hydrogen) atoms. The third-order valence-electron chi connectivity index (χ3n) is 30.3. The Morgan fingerprint density at radius 3 is 0.800 bits per heavy atom. The summed E-state index contributed by atoms with van der Waals surface area (Å²) in [6.45, 7) is 18.9. The van der Waals surface area contributed by atoms with E-state index in [1.165, 1.54) is 143 Å². The minimum atomic E-state index is -1.42. The third kappa shape index (κ3) is 17.8. The summed E-state index contributed by atoms with van der Waals surface area (Å²) in [5.74, 6) is 2.28. The van der Waals surface area contributed by atoms with Gasteiger partial charge in [0.15, 0.2) is 58.9 Å². The van der Waals surface area contributed by atoms with Gasteiger partial charge < -0.3 is 22.1 Å². The molecule has 10 aromatic carbocycles. The van der Waals surface area contributed by atoms with Gasteiger partial charge in [0.05, 0.1) is 55.4 Å². The van der Waals surface area contributed by atoms with Crippen molar-refractivity contribution in [3.63, 3.8) is 0 Å². The monoisotopic (exact) mass is 1900 g/mol. The lowest BCUT2D eigenvalue weighted by atomic mass is 9.85. The van der Waals surface area contributed by atoms with E-state index < -0.39 is 6.37 Å². The molecule has 2 aliphatic carbocycles. The molecule has 0 bridgehead atoms. The van der Waals surface area contributed by atoms with Crippen LogP contribution in [-0.2, 0) is 60.9 Å². The van der Waals surface area contributed by atoms with Crippen LogP contribution in [0.3, 0.4) is 0 Å². The van der Waals surface area contributed by atoms with E-state index in [1.54, 1.807) is 6.92 Å². The minimum absolute atomic E-state index is 0.621. The van der Waals surface area contributed by atoms with E-state index in [2.05, 4.69) is 309 Å². The summed E-state index contributed by atoms with van der Waals surface area (Å²) in [7, 11) is 10.4. The Morgan fingerprint density at radius 2 is 0.517 bits per heavy atom. The topological polar surface area (TPSA) is 150 Å². The van der Waals surface area contributed by atoms with Gasteiger partial charge in [0, 0.05) is 144 Å². The fourth-order valence-electron chi connectivity index (χ4n) is 22.5. The number of hydrogen-bond donors (Lipinski definition) is 0. The lowest BCUT2D eigenvalue weighted by Gasteiger charge is -2.21. The van der Waals surface area contributed by atoms with Crippen molar-refractivity contribution in [2.75, 3.05) is 0 Å². The first-order valence-corrected chi connectivity index (χ1v) is 51.3. The zero-order chi connectivity index (χ0) is 101. The number of pyridine rings is 10. The molecule has 15 nitrogen and oxygen atoms in total. The highest BCUT2D eigenvalue weighted by Crippen LogP contribution is 2.46. The quantitative estimate of drug-likeness (QED) is 0.108. The summed E-state index contributed by atoms with van der Waals surface area (Å²) in [6.07, 6.45) is 25.0. The van der Waals surface area contributed by atoms with Crippen molar-refractivity contribution in [2.45, 2.75) is 146 Å². The molecule has 2 saturated carbocycles. The minimum Gasteiger partial charge on any atom is -0.437 e. The number of fused-ring (bicyclic) bond motifs is 20. The molecule has 0 N–H and O–H groups in total. The Hall–Kier alpha value is -16.0. The van der Waals surface area contributed by atoms with E-state index in [9.17, 15) is 0 Å². The molecule has 0 atom stereocenters. The SMILES string of the molecule is Cc1cc[n+](C)c(-c2c(C)ccc3c2oc2nc4ccccc4cc23)c1.Cc1ccc2c(oc3nc4ccccc4cc32)c1-c1cc(CC(C)C)cc[n+]1C.Cc1ccc2c(oc3nc4ccccc4cc32)c1-c1cc(CC2CCCC2)cc[n+]1C.Cc1ccc2c(oc3nc4ccccc4cc32)c1-c1cc(CC2CCCCC2)cc[n+]1C.[2H]C([2H])(C)c1cc[n+](C)c(-c2c(C)ccc3c2oc2nc4ccccc4cc23)c1. The maximum atomic E-state index is 8.11. The average molecular weight is 1910 g/mol. The van der Waals surface area contributed by atoms with Crippen LogP contribution >= 0.6 is 0 Å². The number of para-hydroxylation sites is 5. The van der Waals surface area contributed by atoms with Gasteiger partial charge in [-0.2, -0.15) is 0 Å². The Morgan fingerprint density at radius 1 is 0.276 bits per heavy atom. The van der Waals surface area contributed by atoms with Gasteiger partial charge in [0.1, 0.15) is 35.2 Å². The van der Waals surface area contributed by atoms with Crippen LogP contribution in [0.5, 0.6) is 0 Å². The lowest BCUT2D eigenvalue weighted by molar-refractivity contribution is -0.660. The Labute approximate surface area is 846 Å². The van der Waals surface area contributed by atoms with Crippen LogP contribution in [0.15, 0.2) is 326 Å². The molecule has 15 heterocycles. The van der Waals surface area contributed by atoms with Gasteiger partial charge in [0.2, 0.25) is 57.0 Å². The first-order chi connectivity index (χ1) is 71.3. The van der Waals surface area contributed by atoms with E-state index in [1.807, 2.05) is 109 Å². The summed E-state index contributed by atoms with van der Waals surface area (Å²) in [5.41, 5.74) is 36.0. The molecule has 2 aliphatic rings. The second-order valence-electron chi connectivity index (χ2n) is 41.0. The molecule has 27 rings (SSSR count). The van der Waals surface area contributed by atoms with Crippen LogP contribution in [0.4, 0.5) is 0 Å². The fourth-order valence-corrected chi connectivity index (χ4v) is 22.5. The van der Waals surface area contributed by atoms with Gasteiger partial charge in [-0.15, -0.1) is 0 Å². The predicted octanol–water partition coefficient (Wildman–Crippen LogP) is 30.6. The molecule has 0 unspecified atom stereocenters. The number of furan rings is 5. The van der Waals surface area contributed by atoms with E-state index in [4.69, 9.17) is 49.7 Å². The predicted molar refractivity (Wildman–Crippen MR) is 590 cm³/mol. The second kappa shape index (κ2) is 38.7. The molecule has 0 amide bonds. The fraction of sp³-hybridized carbons (Fsp3) is 0.231. The van der Waals surface area contributed by atoms with Gasteiger partial charge in [-0.1, -0.05) is 230 Å². The van der Waals surface area contributed by atoms with E-state index in [-0.39, 0.29) is 0 Å². The Kier molecular flexibility index (Phi) is 24.1. The second-order valence-corrected chi connectivity index (χ2v) is 41.0. The van der Waals surface area contributed by atoms with Crippen LogP contribution < -0.4 is 22.8 Å². The molecule has 2 fully saturated rings. The zero-order valence-electron chi connectivity index (χ0n) is 87.1. The summed E-state index contributed by atoms with van der Waals surface area (Å²) in [6, 6.07) is 95.3. The molecule has 0 saturated heterocycles. The number of nitrogens with zero attached hydrogens (tertiary/aromatic N) is 10. The Bertz CT molecular complexity index is 9540. The van der Waals surface area contributed by atoms with Gasteiger partial charge in [0.25, 0.3) is 0 Å². The first-order valence-electron chi connectivity index (χ1n) is 52.3. The van der Waals surface area contributed by atoms with Crippen molar-refractivity contribution in [3.05, 3.63) is 360 Å². The number of aromatic nitrogens is 10. The van der Waals surface area contributed by atoms with E-state index in [0.717, 1.165) is 188 Å². The normalized spacial score (nSPS) is 13.5. The lowest BCUT2D eigenvalue weighted by Crippen LogP contribution is -2.31. The van der Waals surface area contributed by atoms with E-state index >= 15 is 0 Å². The maximum absolute atomic E-state index is 8.11. The molecule has 15 heteroatoms. The molecule has 716 valence electrons. The highest BCUT2D eigenvalue weighted by molar-refractivity contribution is 6.16. The Balaban J connectivity index is 0.000000101. The summed E-state index contributed by atoms with van der Waals surface area (Å²) in [5, 5.41) is 16.4. The van der Waals surface area contributed by atoms with Gasteiger partial charge in [-0.3, -0.25) is 0 Å². The number of rotatable bonds is 12. The first kappa shape index (κ1) is 90.3. The van der Waals surface area contributed by atoms with Crippen molar-refractivity contribution in [3.8, 4) is 56.3 Å². The summed E-state index contributed by atoms with van der Waals surface area (Å²) >= 11 is 0. The highest BCUT2D eigenvalue weighted by atomic mass is 16.4. The van der Waals surface area contributed by atoms with Crippen LogP contribution in [0.25, 0.3) is 221 Å². The van der Waals surface area contributed by atoms with Crippen LogP contribution in [0.1, 0.15) is 137 Å². The zero-order valence-corrected chi connectivity index (χ0v) is 85.1. The molecular formula is C130H121N10O5+5. The van der Waals surface area contributed by atoms with Crippen molar-refractivity contribution in [1.82, 2.24) is 24.9 Å². The third-order valence-corrected chi connectivity index (χ3v) is 30.3. The maximum Gasteiger partial charge on any atom is 0.227 e. The average Bonchev–Trinajstić information content (AvgIpc) is 1.61. The van der Waals surface area contributed by atoms with Crippen molar-refractivity contribution in [1.29, 1.82) is 0 Å². The summed E-state index contributed by atoms with van der Waals surface area (Å²) in [4.78, 5) is 23.9. The van der Waals surface area contributed by atoms with Gasteiger partial charge in [-0.05, 0) is 201 Å². The van der Waals surface area contributed by atoms with Crippen LogP contribution in [0, 0.1) is 59.3 Å². The van der Waals surface area contributed by atoms with Crippen LogP contribution in [-0.4, -0.2) is 24.9 Å². The van der Waals surface area contributed by atoms with Crippen molar-refractivity contribution < 1.29 is 47.7 Å². The van der Waals surface area contributed by atoms with E-state index in [0.29, 0.717) is 40.0 Å². The van der Waals surface area contributed by atoms with Crippen molar-refractivity contribution in [2.24, 2.45) is 53.0 Å². The smallest absolute Gasteiger partial charge is 0.227 e. The number of benzene rings is 10. The van der Waals surface area contributed by atoms with Crippen LogP contribution in [0.2, 0.25) is 0 Å². The number of aryl methyl sites for hydroxylation is 12. The summed E-state index contributed by atoms with van der Waals surface area (Å²) < 4.78 is 58.9. The van der Waals surface area contributed by atoms with Crippen molar-refractivity contribution >= 4 is 165 Å². The highest BCUT2D eigenvalue weighted by Gasteiger charge is 2.31. The molecule has 25 aromatic rings. The number of hydrogen-bond acceptors (Lipinski definition) is 10.